The van der Waals surface area contributed by atoms with Crippen molar-refractivity contribution < 1.29 is 8.85 Å². The fourth-order valence-electron chi connectivity index (χ4n) is 2.29. The van der Waals surface area contributed by atoms with Crippen molar-refractivity contribution in [3.63, 3.8) is 0 Å². The average Bonchev–Trinajstić information content (AvgIpc) is 3.10. The smallest absolute Gasteiger partial charge is 0.384 e. The fraction of sp³-hybridized carbons (Fsp3) is 0.833. The van der Waals surface area contributed by atoms with Crippen molar-refractivity contribution in [2.45, 2.75) is 50.5 Å². The van der Waals surface area contributed by atoms with Crippen LogP contribution in [0, 0.1) is 5.92 Å². The first-order valence-corrected chi connectivity index (χ1v) is 7.86. The van der Waals surface area contributed by atoms with Crippen LogP contribution in [0.1, 0.15) is 44.9 Å². The predicted molar refractivity (Wildman–Crippen MR) is 63.9 cm³/mol. The lowest BCUT2D eigenvalue weighted by atomic mass is 10.0. The Balaban J connectivity index is 1.74. The van der Waals surface area contributed by atoms with Gasteiger partial charge in [-0.1, -0.05) is 19.3 Å². The Morgan fingerprint density at radius 2 is 1.80 bits per heavy atom. The van der Waals surface area contributed by atoms with Gasteiger partial charge in [-0.2, -0.15) is 0 Å². The molecule has 0 radical (unpaired) electrons. The van der Waals surface area contributed by atoms with E-state index in [-0.39, 0.29) is 0 Å². The molecule has 0 aromatic carbocycles. The lowest BCUT2D eigenvalue weighted by Gasteiger charge is -2.26. The third kappa shape index (κ3) is 3.65. The van der Waals surface area contributed by atoms with Crippen molar-refractivity contribution in [1.29, 1.82) is 0 Å². The first-order valence-electron chi connectivity index (χ1n) is 6.25. The Morgan fingerprint density at radius 1 is 1.07 bits per heavy atom. The fourth-order valence-corrected chi connectivity index (χ4v) is 4.27. The molecule has 2 nitrogen and oxygen atoms in total. The van der Waals surface area contributed by atoms with Gasteiger partial charge in [0.05, 0.1) is 6.26 Å². The van der Waals surface area contributed by atoms with E-state index < -0.39 is 9.28 Å². The van der Waals surface area contributed by atoms with Crippen molar-refractivity contribution in [1.82, 2.24) is 0 Å². The van der Waals surface area contributed by atoms with E-state index in [1.165, 1.54) is 44.9 Å². The van der Waals surface area contributed by atoms with E-state index in [1.54, 1.807) is 0 Å². The molecule has 0 aromatic rings. The topological polar surface area (TPSA) is 18.5 Å². The van der Waals surface area contributed by atoms with Crippen LogP contribution in [0.4, 0.5) is 0 Å². The van der Waals surface area contributed by atoms with Gasteiger partial charge in [0.1, 0.15) is 0 Å². The summed E-state index contributed by atoms with van der Waals surface area (Å²) < 4.78 is 11.4. The minimum Gasteiger partial charge on any atom is -0.529 e. The first-order chi connectivity index (χ1) is 7.40. The van der Waals surface area contributed by atoms with Crippen LogP contribution in [-0.4, -0.2) is 16.4 Å². The summed E-state index contributed by atoms with van der Waals surface area (Å²) in [6.45, 7) is 0. The normalized spacial score (nSPS) is 25.7. The summed E-state index contributed by atoms with van der Waals surface area (Å²) >= 11 is 0. The van der Waals surface area contributed by atoms with Crippen molar-refractivity contribution in [3.8, 4) is 0 Å². The molecule has 86 valence electrons. The van der Waals surface area contributed by atoms with E-state index >= 15 is 0 Å². The molecule has 0 amide bonds. The van der Waals surface area contributed by atoms with Crippen LogP contribution in [0.25, 0.3) is 0 Å². The quantitative estimate of drug-likeness (QED) is 0.530. The maximum atomic E-state index is 5.82. The van der Waals surface area contributed by atoms with Crippen LogP contribution in [0.15, 0.2) is 12.3 Å². The van der Waals surface area contributed by atoms with Gasteiger partial charge in [0.2, 0.25) is 0 Å². The molecule has 0 spiro atoms. The molecule has 0 bridgehead atoms. The van der Waals surface area contributed by atoms with Crippen molar-refractivity contribution in [3.05, 3.63) is 12.3 Å². The molecular formula is C12H22O2Si. The lowest BCUT2D eigenvalue weighted by Crippen LogP contribution is -2.27. The molecular weight excluding hydrogens is 204 g/mol. The molecule has 0 heterocycles. The largest absolute Gasteiger partial charge is 0.529 e. The van der Waals surface area contributed by atoms with Gasteiger partial charge in [-0.05, 0) is 37.7 Å². The zero-order chi connectivity index (χ0) is 10.5. The summed E-state index contributed by atoms with van der Waals surface area (Å²) in [5.41, 5.74) is 0.743. The molecule has 2 aliphatic rings. The molecule has 2 rings (SSSR count). The third-order valence-electron chi connectivity index (χ3n) is 3.45. The molecule has 1 atom stereocenters. The van der Waals surface area contributed by atoms with Gasteiger partial charge in [0.15, 0.2) is 0 Å². The maximum Gasteiger partial charge on any atom is 0.384 e. The molecule has 2 saturated carbocycles. The maximum absolute atomic E-state index is 5.82. The summed E-state index contributed by atoms with van der Waals surface area (Å²) in [7, 11) is 0.404. The van der Waals surface area contributed by atoms with E-state index in [9.17, 15) is 0 Å². The van der Waals surface area contributed by atoms with Gasteiger partial charge in [-0.15, -0.1) is 0 Å². The number of rotatable bonds is 5. The summed E-state index contributed by atoms with van der Waals surface area (Å²) in [4.78, 5) is 0. The number of allylic oxidation sites excluding steroid dienone is 1. The van der Waals surface area contributed by atoms with Crippen molar-refractivity contribution in [2.24, 2.45) is 5.92 Å². The zero-order valence-electron chi connectivity index (χ0n) is 9.65. The van der Waals surface area contributed by atoms with Crippen LogP contribution < -0.4 is 0 Å². The molecule has 15 heavy (non-hydrogen) atoms. The van der Waals surface area contributed by atoms with Gasteiger partial charge in [-0.25, -0.2) is 0 Å². The molecule has 2 aliphatic carbocycles. The predicted octanol–water partition coefficient (Wildman–Crippen LogP) is 3.13. The zero-order valence-corrected chi connectivity index (χ0v) is 10.8. The third-order valence-corrected chi connectivity index (χ3v) is 5.78. The van der Waals surface area contributed by atoms with Crippen LogP contribution >= 0.6 is 0 Å². The number of hydrogen-bond donors (Lipinski definition) is 0. The monoisotopic (exact) mass is 226 g/mol. The average molecular weight is 226 g/mol. The molecule has 0 N–H and O–H groups in total. The Hall–Kier alpha value is -0.283. The molecule has 0 saturated heterocycles. The molecule has 0 aliphatic heterocycles. The van der Waals surface area contributed by atoms with Crippen LogP contribution in [0.2, 0.25) is 5.54 Å². The summed E-state index contributed by atoms with van der Waals surface area (Å²) in [5, 5.41) is 0. The second-order valence-corrected chi connectivity index (χ2v) is 7.23. The highest BCUT2D eigenvalue weighted by molar-refractivity contribution is 6.46. The standard InChI is InChI=1S/C12H22O2Si/c1-13-15(12-5-3-2-4-6-12)14-10-9-11-7-8-11/h9-12,15H,2-8H2,1H3. The van der Waals surface area contributed by atoms with Gasteiger partial charge in [0, 0.05) is 12.7 Å². The summed E-state index contributed by atoms with van der Waals surface area (Å²) in [6, 6.07) is 0. The van der Waals surface area contributed by atoms with Crippen LogP contribution in [0.5, 0.6) is 0 Å². The molecule has 0 aromatic heterocycles. The van der Waals surface area contributed by atoms with E-state index in [1.807, 2.05) is 13.4 Å². The van der Waals surface area contributed by atoms with E-state index in [0.717, 1.165) is 11.5 Å². The highest BCUT2D eigenvalue weighted by atomic mass is 28.3. The Morgan fingerprint density at radius 3 is 2.40 bits per heavy atom. The molecule has 3 heteroatoms. The minimum absolute atomic E-state index is 0.743. The van der Waals surface area contributed by atoms with Crippen LogP contribution in [0.3, 0.4) is 0 Å². The van der Waals surface area contributed by atoms with Gasteiger partial charge < -0.3 is 8.85 Å². The molecule has 2 fully saturated rings. The van der Waals surface area contributed by atoms with E-state index in [4.69, 9.17) is 8.85 Å². The van der Waals surface area contributed by atoms with Gasteiger partial charge in [-0.3, -0.25) is 0 Å². The van der Waals surface area contributed by atoms with E-state index in [2.05, 4.69) is 6.08 Å². The Bertz CT molecular complexity index is 208. The Kier molecular flexibility index (Phi) is 4.26. The first kappa shape index (κ1) is 11.2. The second kappa shape index (κ2) is 5.71. The van der Waals surface area contributed by atoms with Gasteiger partial charge >= 0.3 is 9.28 Å². The highest BCUT2D eigenvalue weighted by Gasteiger charge is 2.27. The number of hydrogen-bond acceptors (Lipinski definition) is 2. The van der Waals surface area contributed by atoms with Crippen LogP contribution in [-0.2, 0) is 8.85 Å². The minimum atomic E-state index is -1.41. The van der Waals surface area contributed by atoms with Crippen molar-refractivity contribution >= 4 is 9.28 Å². The SMILES string of the molecule is CO[SiH](OC=CC1CC1)C1CCCCC1. The van der Waals surface area contributed by atoms with Crippen molar-refractivity contribution in [2.75, 3.05) is 7.11 Å². The second-order valence-electron chi connectivity index (χ2n) is 4.80. The van der Waals surface area contributed by atoms with Gasteiger partial charge in [0.25, 0.3) is 0 Å². The van der Waals surface area contributed by atoms with E-state index in [0.29, 0.717) is 0 Å². The highest BCUT2D eigenvalue weighted by Crippen LogP contribution is 2.33. The molecule has 1 unspecified atom stereocenters. The summed E-state index contributed by atoms with van der Waals surface area (Å²) in [6.07, 6.45) is 13.6. The summed E-state index contributed by atoms with van der Waals surface area (Å²) in [5.74, 6) is 0.808. The Labute approximate surface area is 94.5 Å². The lowest BCUT2D eigenvalue weighted by molar-refractivity contribution is 0.276.